The number of carbonyl (C=O) groups is 1. The summed E-state index contributed by atoms with van der Waals surface area (Å²) in [5.74, 6) is 0.410. The third-order valence-corrected chi connectivity index (χ3v) is 5.01. The number of nitrogens with one attached hydrogen (secondary N) is 1. The lowest BCUT2D eigenvalue weighted by Crippen LogP contribution is -2.20. The van der Waals surface area contributed by atoms with Crippen molar-refractivity contribution in [3.05, 3.63) is 100.0 Å². The van der Waals surface area contributed by atoms with Crippen LogP contribution in [-0.2, 0) is 4.79 Å². The van der Waals surface area contributed by atoms with Gasteiger partial charge in [0.25, 0.3) is 11.5 Å². The van der Waals surface area contributed by atoms with E-state index in [0.717, 1.165) is 5.56 Å². The number of rotatable bonds is 6. The van der Waals surface area contributed by atoms with E-state index in [2.05, 4.69) is 10.3 Å². The highest BCUT2D eigenvalue weighted by atomic mass is 16.5. The fourth-order valence-electron chi connectivity index (χ4n) is 3.26. The largest absolute Gasteiger partial charge is 0.497 e. The molecule has 0 aliphatic heterocycles. The summed E-state index contributed by atoms with van der Waals surface area (Å²) >= 11 is 0. The second-order valence-electron chi connectivity index (χ2n) is 7.29. The lowest BCUT2D eigenvalue weighted by atomic mass is 10.1. The summed E-state index contributed by atoms with van der Waals surface area (Å²) in [5, 5.41) is 12.3. The Morgan fingerprint density at radius 3 is 2.47 bits per heavy atom. The number of aromatic nitrogens is 2. The number of hydrogen-bond acceptors (Lipinski definition) is 6. The van der Waals surface area contributed by atoms with Crippen LogP contribution in [0.3, 0.4) is 0 Å². The zero-order chi connectivity index (χ0) is 24.1. The third-order valence-electron chi connectivity index (χ3n) is 5.01. The monoisotopic (exact) mass is 452 g/mol. The lowest BCUT2D eigenvalue weighted by Gasteiger charge is -2.11. The molecule has 8 heteroatoms. The van der Waals surface area contributed by atoms with Crippen molar-refractivity contribution in [2.24, 2.45) is 0 Å². The van der Waals surface area contributed by atoms with E-state index in [0.29, 0.717) is 22.8 Å². The van der Waals surface area contributed by atoms with Crippen molar-refractivity contribution in [1.82, 2.24) is 9.38 Å². The van der Waals surface area contributed by atoms with Gasteiger partial charge in [-0.25, -0.2) is 0 Å². The van der Waals surface area contributed by atoms with Gasteiger partial charge < -0.3 is 14.8 Å². The Balaban J connectivity index is 1.79. The molecule has 2 aromatic heterocycles. The third kappa shape index (κ3) is 4.64. The fraction of sp³-hybridized carbons (Fsp3) is 0.0769. The number of amides is 1. The molecule has 0 fully saturated rings. The van der Waals surface area contributed by atoms with E-state index in [1.54, 1.807) is 60.8 Å². The maximum atomic E-state index is 13.3. The van der Waals surface area contributed by atoms with E-state index in [1.807, 2.05) is 25.1 Å². The van der Waals surface area contributed by atoms with Crippen LogP contribution in [0.1, 0.15) is 11.1 Å². The predicted octanol–water partition coefficient (Wildman–Crippen LogP) is 4.35. The molecule has 4 aromatic rings. The van der Waals surface area contributed by atoms with Crippen LogP contribution in [0.5, 0.6) is 17.4 Å². The molecule has 34 heavy (non-hydrogen) atoms. The highest BCUT2D eigenvalue weighted by Gasteiger charge is 2.18. The molecule has 0 atom stereocenters. The summed E-state index contributed by atoms with van der Waals surface area (Å²) < 4.78 is 12.4. The molecule has 1 N–H and O–H groups in total. The van der Waals surface area contributed by atoms with Crippen molar-refractivity contribution in [1.29, 1.82) is 5.26 Å². The predicted molar refractivity (Wildman–Crippen MR) is 128 cm³/mol. The van der Waals surface area contributed by atoms with Gasteiger partial charge in [-0.3, -0.25) is 14.0 Å². The standard InChI is InChI=1S/C26H20N4O4/c1-17-7-6-14-30-23(17)29-25(34-21-8-4-3-5-9-21)22(26(30)32)15-18(16-27)24(31)28-19-10-12-20(33-2)13-11-19/h3-15H,1-2H3,(H,28,31)/b18-15+. The van der Waals surface area contributed by atoms with Gasteiger partial charge in [0, 0.05) is 11.9 Å². The van der Waals surface area contributed by atoms with Gasteiger partial charge in [-0.1, -0.05) is 24.3 Å². The van der Waals surface area contributed by atoms with Crippen LogP contribution in [0.4, 0.5) is 5.69 Å². The molecule has 0 spiro atoms. The molecule has 4 rings (SSSR count). The number of pyridine rings is 1. The Labute approximate surface area is 195 Å². The molecule has 0 radical (unpaired) electrons. The van der Waals surface area contributed by atoms with Gasteiger partial charge in [0.1, 0.15) is 34.4 Å². The van der Waals surface area contributed by atoms with E-state index in [-0.39, 0.29) is 17.0 Å². The summed E-state index contributed by atoms with van der Waals surface area (Å²) in [7, 11) is 1.54. The van der Waals surface area contributed by atoms with E-state index < -0.39 is 11.5 Å². The Hall–Kier alpha value is -4.90. The van der Waals surface area contributed by atoms with Gasteiger partial charge in [0.05, 0.1) is 7.11 Å². The van der Waals surface area contributed by atoms with Crippen molar-refractivity contribution >= 4 is 23.3 Å². The zero-order valence-electron chi connectivity index (χ0n) is 18.5. The van der Waals surface area contributed by atoms with Crippen molar-refractivity contribution in [2.45, 2.75) is 6.92 Å². The van der Waals surface area contributed by atoms with Crippen LogP contribution in [0.15, 0.2) is 83.3 Å². The number of aryl methyl sites for hydroxylation is 1. The number of nitrogens with zero attached hydrogens (tertiary/aromatic N) is 3. The molecule has 2 aromatic carbocycles. The van der Waals surface area contributed by atoms with Crippen LogP contribution in [0.25, 0.3) is 11.7 Å². The first kappa shape index (κ1) is 22.3. The van der Waals surface area contributed by atoms with Gasteiger partial charge >= 0.3 is 0 Å². The molecule has 0 unspecified atom stereocenters. The van der Waals surface area contributed by atoms with Crippen LogP contribution >= 0.6 is 0 Å². The Kier molecular flexibility index (Phi) is 6.37. The van der Waals surface area contributed by atoms with Crippen molar-refractivity contribution in [2.75, 3.05) is 12.4 Å². The smallest absolute Gasteiger partial charge is 0.269 e. The molecule has 8 nitrogen and oxygen atoms in total. The van der Waals surface area contributed by atoms with Crippen LogP contribution in [-0.4, -0.2) is 22.4 Å². The summed E-state index contributed by atoms with van der Waals surface area (Å²) in [4.78, 5) is 30.7. The number of ether oxygens (including phenoxy) is 2. The quantitative estimate of drug-likeness (QED) is 0.344. The summed E-state index contributed by atoms with van der Waals surface area (Å²) in [5.41, 5.74) is 0.887. The Morgan fingerprint density at radius 2 is 1.79 bits per heavy atom. The second-order valence-corrected chi connectivity index (χ2v) is 7.29. The average Bonchev–Trinajstić information content (AvgIpc) is 2.85. The lowest BCUT2D eigenvalue weighted by molar-refractivity contribution is -0.112. The van der Waals surface area contributed by atoms with E-state index in [4.69, 9.17) is 9.47 Å². The molecule has 0 bridgehead atoms. The molecule has 0 aliphatic carbocycles. The first-order chi connectivity index (χ1) is 16.5. The van der Waals surface area contributed by atoms with Gasteiger partial charge in [-0.05, 0) is 61.0 Å². The molecular formula is C26H20N4O4. The highest BCUT2D eigenvalue weighted by molar-refractivity contribution is 6.09. The Morgan fingerprint density at radius 1 is 1.06 bits per heavy atom. The minimum absolute atomic E-state index is 0.00417. The number of fused-ring (bicyclic) bond motifs is 1. The molecule has 0 saturated heterocycles. The van der Waals surface area contributed by atoms with Gasteiger partial charge in [0.2, 0.25) is 5.88 Å². The number of carbonyl (C=O) groups excluding carboxylic acids is 1. The van der Waals surface area contributed by atoms with Gasteiger partial charge in [-0.15, -0.1) is 0 Å². The molecule has 1 amide bonds. The minimum Gasteiger partial charge on any atom is -0.497 e. The maximum Gasteiger partial charge on any atom is 0.269 e. The van der Waals surface area contributed by atoms with Crippen LogP contribution < -0.4 is 20.3 Å². The first-order valence-electron chi connectivity index (χ1n) is 10.3. The SMILES string of the molecule is COc1ccc(NC(=O)/C(C#N)=C/c2c(Oc3ccccc3)nc3c(C)cccn3c2=O)cc1. The van der Waals surface area contributed by atoms with Gasteiger partial charge in [-0.2, -0.15) is 10.2 Å². The van der Waals surface area contributed by atoms with Crippen LogP contribution in [0, 0.1) is 18.3 Å². The van der Waals surface area contributed by atoms with E-state index in [1.165, 1.54) is 17.6 Å². The van der Waals surface area contributed by atoms with E-state index >= 15 is 0 Å². The highest BCUT2D eigenvalue weighted by Crippen LogP contribution is 2.25. The number of nitriles is 1. The average molecular weight is 452 g/mol. The Bertz CT molecular complexity index is 1480. The molecule has 2 heterocycles. The molecule has 168 valence electrons. The topological polar surface area (TPSA) is 106 Å². The zero-order valence-corrected chi connectivity index (χ0v) is 18.5. The summed E-state index contributed by atoms with van der Waals surface area (Å²) in [6.07, 6.45) is 2.77. The van der Waals surface area contributed by atoms with Gasteiger partial charge in [0.15, 0.2) is 0 Å². The number of hydrogen-bond donors (Lipinski definition) is 1. The molecule has 0 saturated carbocycles. The fourth-order valence-corrected chi connectivity index (χ4v) is 3.26. The number of methoxy groups -OCH3 is 1. The number of para-hydroxylation sites is 1. The summed E-state index contributed by atoms with van der Waals surface area (Å²) in [6.45, 7) is 1.83. The number of benzene rings is 2. The molecule has 0 aliphatic rings. The first-order valence-corrected chi connectivity index (χ1v) is 10.3. The van der Waals surface area contributed by atoms with Crippen molar-refractivity contribution in [3.63, 3.8) is 0 Å². The van der Waals surface area contributed by atoms with Crippen molar-refractivity contribution in [3.8, 4) is 23.4 Å². The molecular weight excluding hydrogens is 432 g/mol. The minimum atomic E-state index is -0.674. The second kappa shape index (κ2) is 9.71. The number of anilines is 1. The van der Waals surface area contributed by atoms with Crippen molar-refractivity contribution < 1.29 is 14.3 Å². The maximum absolute atomic E-state index is 13.3. The summed E-state index contributed by atoms with van der Waals surface area (Å²) in [6, 6.07) is 20.9. The van der Waals surface area contributed by atoms with E-state index in [9.17, 15) is 14.9 Å². The van der Waals surface area contributed by atoms with Crippen LogP contribution in [0.2, 0.25) is 0 Å². The normalized spacial score (nSPS) is 11.0.